The van der Waals surface area contributed by atoms with E-state index in [-0.39, 0.29) is 24.0 Å². The van der Waals surface area contributed by atoms with Crippen molar-refractivity contribution < 1.29 is 48.4 Å². The van der Waals surface area contributed by atoms with Gasteiger partial charge in [0.15, 0.2) is 23.5 Å². The molecule has 5 rings (SSSR count). The Labute approximate surface area is 187 Å². The van der Waals surface area contributed by atoms with Crippen LogP contribution < -0.4 is 0 Å². The predicted molar refractivity (Wildman–Crippen MR) is 106 cm³/mol. The number of Topliss-reactive ketones (excluding diaryl/α,β-unsaturated/α-hetero) is 4. The van der Waals surface area contributed by atoms with Gasteiger partial charge in [-0.1, -0.05) is 12.1 Å². The molecule has 0 bridgehead atoms. The number of hydrogen-bond donors (Lipinski definition) is 2. The molecule has 1 spiro atoms. The molecular formula is C23H22O10. The first-order chi connectivity index (χ1) is 15.5. The Morgan fingerprint density at radius 3 is 2.58 bits per heavy atom. The van der Waals surface area contributed by atoms with Crippen molar-refractivity contribution in [2.24, 2.45) is 11.3 Å². The van der Waals surface area contributed by atoms with Crippen molar-refractivity contribution in [3.8, 4) is 5.75 Å². The standard InChI is InChI=1S/C23H22O10/c1-9(24)8-22-18(17(28)16-11(19(22)29)4-3-5-12(16)25)23(20(30)13(26)6-10(2)32-23)33-14-7-15(27)31-21(14)22/h3-5,10,14,18,20-21,25,30H,6-8H2,1-2H3/t10-,14+,18+,20-,21-,22+,23+/m0/s1. The Bertz CT molecular complexity index is 1120. The van der Waals surface area contributed by atoms with Crippen LogP contribution in [-0.4, -0.2) is 69.5 Å². The second-order valence-corrected chi connectivity index (χ2v) is 9.24. The van der Waals surface area contributed by atoms with Gasteiger partial charge in [-0.2, -0.15) is 0 Å². The van der Waals surface area contributed by atoms with Crippen molar-refractivity contribution in [1.29, 1.82) is 0 Å². The Kier molecular flexibility index (Phi) is 4.65. The van der Waals surface area contributed by atoms with Crippen LogP contribution in [0, 0.1) is 11.3 Å². The van der Waals surface area contributed by atoms with E-state index >= 15 is 0 Å². The highest BCUT2D eigenvalue weighted by molar-refractivity contribution is 6.20. The molecular weight excluding hydrogens is 436 g/mol. The van der Waals surface area contributed by atoms with Crippen LogP contribution in [0.4, 0.5) is 0 Å². The van der Waals surface area contributed by atoms with Crippen LogP contribution >= 0.6 is 0 Å². The molecule has 1 aromatic carbocycles. The largest absolute Gasteiger partial charge is 0.507 e. The van der Waals surface area contributed by atoms with Crippen LogP contribution in [0.5, 0.6) is 5.75 Å². The van der Waals surface area contributed by atoms with Crippen LogP contribution in [0.1, 0.15) is 53.8 Å². The average molecular weight is 458 g/mol. The van der Waals surface area contributed by atoms with Crippen molar-refractivity contribution in [3.05, 3.63) is 29.3 Å². The van der Waals surface area contributed by atoms with Gasteiger partial charge in [0, 0.05) is 18.4 Å². The lowest BCUT2D eigenvalue weighted by atomic mass is 9.52. The first kappa shape index (κ1) is 21.9. The molecule has 7 atom stereocenters. The molecule has 10 heteroatoms. The predicted octanol–water partition coefficient (Wildman–Crippen LogP) is 0.502. The maximum absolute atomic E-state index is 14.1. The molecule has 2 N–H and O–H groups in total. The summed E-state index contributed by atoms with van der Waals surface area (Å²) in [5.74, 6) is -7.97. The van der Waals surface area contributed by atoms with Gasteiger partial charge in [-0.3, -0.25) is 24.0 Å². The van der Waals surface area contributed by atoms with Gasteiger partial charge in [-0.15, -0.1) is 0 Å². The van der Waals surface area contributed by atoms with Crippen molar-refractivity contribution >= 4 is 29.1 Å². The number of esters is 1. The van der Waals surface area contributed by atoms with E-state index in [1.165, 1.54) is 25.1 Å². The molecule has 0 amide bonds. The van der Waals surface area contributed by atoms with E-state index in [0.29, 0.717) is 0 Å². The summed E-state index contributed by atoms with van der Waals surface area (Å²) in [6.45, 7) is 2.77. The third kappa shape index (κ3) is 2.74. The van der Waals surface area contributed by atoms with E-state index in [1.54, 1.807) is 6.92 Å². The number of ether oxygens (including phenoxy) is 3. The van der Waals surface area contributed by atoms with E-state index in [2.05, 4.69) is 0 Å². The van der Waals surface area contributed by atoms with Crippen molar-refractivity contribution in [1.82, 2.24) is 0 Å². The molecule has 0 unspecified atom stereocenters. The van der Waals surface area contributed by atoms with Gasteiger partial charge < -0.3 is 24.4 Å². The minimum absolute atomic E-state index is 0.138. The smallest absolute Gasteiger partial charge is 0.308 e. The monoisotopic (exact) mass is 458 g/mol. The Morgan fingerprint density at radius 2 is 1.88 bits per heavy atom. The van der Waals surface area contributed by atoms with Gasteiger partial charge in [0.1, 0.15) is 23.7 Å². The zero-order chi connectivity index (χ0) is 23.9. The lowest BCUT2D eigenvalue weighted by molar-refractivity contribution is -0.373. The minimum Gasteiger partial charge on any atom is -0.507 e. The number of aliphatic hydroxyl groups is 1. The van der Waals surface area contributed by atoms with Gasteiger partial charge in [0.05, 0.1) is 29.4 Å². The fourth-order valence-electron chi connectivity index (χ4n) is 6.02. The maximum Gasteiger partial charge on any atom is 0.308 e. The molecule has 0 saturated carbocycles. The van der Waals surface area contributed by atoms with Crippen molar-refractivity contribution in [3.63, 3.8) is 0 Å². The summed E-state index contributed by atoms with van der Waals surface area (Å²) in [7, 11) is 0. The van der Waals surface area contributed by atoms with Crippen LogP contribution in [-0.2, 0) is 28.6 Å². The number of hydrogen-bond acceptors (Lipinski definition) is 10. The summed E-state index contributed by atoms with van der Waals surface area (Å²) in [5.41, 5.74) is -2.45. The number of phenols is 1. The molecule has 3 heterocycles. The number of phenolic OH excluding ortho intramolecular Hbond substituents is 1. The summed E-state index contributed by atoms with van der Waals surface area (Å²) in [6.07, 6.45) is -6.21. The average Bonchev–Trinajstić information content (AvgIpc) is 3.10. The summed E-state index contributed by atoms with van der Waals surface area (Å²) in [6, 6.07) is 3.95. The number of benzene rings is 1. The molecule has 0 radical (unpaired) electrons. The zero-order valence-electron chi connectivity index (χ0n) is 17.9. The van der Waals surface area contributed by atoms with Crippen molar-refractivity contribution in [2.75, 3.05) is 0 Å². The SMILES string of the molecule is CC(=O)C[C@]12C(=O)c3cccc(O)c3C(=O)[C@H]1[C@@]1(O[C@@H](C)CC(=O)[C@@H]1O)O[C@@H]1CC(=O)O[C@@H]12. The third-order valence-electron chi connectivity index (χ3n) is 7.04. The van der Waals surface area contributed by atoms with Crippen LogP contribution in [0.25, 0.3) is 0 Å². The first-order valence-corrected chi connectivity index (χ1v) is 10.7. The summed E-state index contributed by atoms with van der Waals surface area (Å²) in [4.78, 5) is 65.5. The molecule has 33 heavy (non-hydrogen) atoms. The fourth-order valence-corrected chi connectivity index (χ4v) is 6.02. The molecule has 0 aromatic heterocycles. The number of fused-ring (bicyclic) bond motifs is 5. The summed E-state index contributed by atoms with van der Waals surface area (Å²) in [5, 5.41) is 21.5. The number of carbonyl (C=O) groups is 5. The van der Waals surface area contributed by atoms with E-state index in [1.807, 2.05) is 0 Å². The molecule has 174 valence electrons. The van der Waals surface area contributed by atoms with E-state index in [9.17, 15) is 34.2 Å². The molecule has 3 fully saturated rings. The highest BCUT2D eigenvalue weighted by atomic mass is 16.7. The highest BCUT2D eigenvalue weighted by Gasteiger charge is 2.77. The fraction of sp³-hybridized carbons (Fsp3) is 0.522. The third-order valence-corrected chi connectivity index (χ3v) is 7.04. The quantitative estimate of drug-likeness (QED) is 0.599. The summed E-state index contributed by atoms with van der Waals surface area (Å²) < 4.78 is 17.4. The van der Waals surface area contributed by atoms with Gasteiger partial charge in [0.25, 0.3) is 0 Å². The molecule has 1 aliphatic carbocycles. The topological polar surface area (TPSA) is 154 Å². The number of ketones is 4. The highest BCUT2D eigenvalue weighted by Crippen LogP contribution is 2.60. The Morgan fingerprint density at radius 1 is 1.15 bits per heavy atom. The van der Waals surface area contributed by atoms with E-state index in [0.717, 1.165) is 0 Å². The van der Waals surface area contributed by atoms with Gasteiger partial charge in [0.2, 0.25) is 5.79 Å². The van der Waals surface area contributed by atoms with Crippen LogP contribution in [0.2, 0.25) is 0 Å². The molecule has 3 saturated heterocycles. The molecule has 4 aliphatic rings. The first-order valence-electron chi connectivity index (χ1n) is 10.7. The summed E-state index contributed by atoms with van der Waals surface area (Å²) >= 11 is 0. The number of aromatic hydroxyl groups is 1. The molecule has 1 aromatic rings. The zero-order valence-corrected chi connectivity index (χ0v) is 17.9. The normalized spacial score (nSPS) is 39.7. The second kappa shape index (κ2) is 7.02. The minimum atomic E-state index is -2.34. The number of aliphatic hydroxyl groups excluding tert-OH is 1. The Hall–Kier alpha value is -2.95. The van der Waals surface area contributed by atoms with Crippen molar-refractivity contribution in [2.45, 2.75) is 63.3 Å². The van der Waals surface area contributed by atoms with Gasteiger partial charge >= 0.3 is 5.97 Å². The van der Waals surface area contributed by atoms with Crippen LogP contribution in [0.3, 0.4) is 0 Å². The van der Waals surface area contributed by atoms with E-state index < -0.39 is 82.8 Å². The van der Waals surface area contributed by atoms with Gasteiger partial charge in [-0.25, -0.2) is 0 Å². The lowest BCUT2D eigenvalue weighted by Gasteiger charge is -2.59. The van der Waals surface area contributed by atoms with Gasteiger partial charge in [-0.05, 0) is 19.9 Å². The molecule has 10 nitrogen and oxygen atoms in total. The number of carbonyl (C=O) groups excluding carboxylic acids is 5. The second-order valence-electron chi connectivity index (χ2n) is 9.24. The Balaban J connectivity index is 1.85. The van der Waals surface area contributed by atoms with Crippen LogP contribution in [0.15, 0.2) is 18.2 Å². The maximum atomic E-state index is 14.1. The van der Waals surface area contributed by atoms with E-state index in [4.69, 9.17) is 14.2 Å². The lowest BCUT2D eigenvalue weighted by Crippen LogP contribution is -2.76. The molecule has 3 aliphatic heterocycles. The number of rotatable bonds is 2.